The van der Waals surface area contributed by atoms with Crippen LogP contribution < -0.4 is 20.1 Å². The summed E-state index contributed by atoms with van der Waals surface area (Å²) < 4.78 is 10.6. The maximum absolute atomic E-state index is 12.3. The molecule has 4 rings (SSSR count). The van der Waals surface area contributed by atoms with Crippen LogP contribution in [-0.2, 0) is 13.1 Å². The summed E-state index contributed by atoms with van der Waals surface area (Å²) in [6, 6.07) is 16.4. The highest BCUT2D eigenvalue weighted by molar-refractivity contribution is 6.31. The van der Waals surface area contributed by atoms with Crippen molar-refractivity contribution in [2.45, 2.75) is 13.1 Å². The topological polar surface area (TPSA) is 85.4 Å². The second-order valence-electron chi connectivity index (χ2n) is 6.12. The molecule has 1 aliphatic heterocycles. The van der Waals surface area contributed by atoms with Crippen molar-refractivity contribution in [3.8, 4) is 11.5 Å². The molecule has 1 amide bonds. The van der Waals surface area contributed by atoms with Gasteiger partial charge in [-0.15, -0.1) is 10.2 Å². The van der Waals surface area contributed by atoms with Crippen LogP contribution >= 0.6 is 11.6 Å². The molecule has 3 aromatic rings. The van der Waals surface area contributed by atoms with E-state index in [1.165, 1.54) is 0 Å². The van der Waals surface area contributed by atoms with E-state index in [-0.39, 0.29) is 18.4 Å². The molecule has 2 aromatic carbocycles. The van der Waals surface area contributed by atoms with Gasteiger partial charge >= 0.3 is 0 Å². The van der Waals surface area contributed by atoms with Gasteiger partial charge in [-0.3, -0.25) is 4.79 Å². The fraction of sp³-hybridized carbons (Fsp3) is 0.150. The molecule has 7 nitrogen and oxygen atoms in total. The van der Waals surface area contributed by atoms with Crippen LogP contribution in [0.4, 0.5) is 5.82 Å². The molecule has 8 heteroatoms. The van der Waals surface area contributed by atoms with E-state index in [0.717, 1.165) is 11.1 Å². The third kappa shape index (κ3) is 4.15. The van der Waals surface area contributed by atoms with Crippen LogP contribution in [0.5, 0.6) is 11.5 Å². The number of hydrogen-bond acceptors (Lipinski definition) is 6. The number of carbonyl (C=O) groups excluding carboxylic acids is 1. The molecule has 2 heterocycles. The van der Waals surface area contributed by atoms with Crippen LogP contribution in [-0.4, -0.2) is 22.9 Å². The Morgan fingerprint density at radius 1 is 1.00 bits per heavy atom. The Morgan fingerprint density at radius 2 is 1.86 bits per heavy atom. The quantitative estimate of drug-likeness (QED) is 0.664. The molecule has 1 aromatic heterocycles. The first-order valence-electron chi connectivity index (χ1n) is 8.67. The molecule has 0 unspecified atom stereocenters. The van der Waals surface area contributed by atoms with E-state index in [1.807, 2.05) is 42.5 Å². The van der Waals surface area contributed by atoms with Gasteiger partial charge in [-0.25, -0.2) is 0 Å². The van der Waals surface area contributed by atoms with Crippen molar-refractivity contribution in [1.29, 1.82) is 0 Å². The van der Waals surface area contributed by atoms with Crippen LogP contribution in [0.15, 0.2) is 54.6 Å². The monoisotopic (exact) mass is 396 g/mol. The number of carbonyl (C=O) groups is 1. The molecule has 142 valence electrons. The SMILES string of the molecule is O=C(NCc1ccc2c(c1)OCO2)c1ccc(NCc2ccccc2Cl)nn1. The summed E-state index contributed by atoms with van der Waals surface area (Å²) in [7, 11) is 0. The number of hydrogen-bond donors (Lipinski definition) is 2. The Kier molecular flexibility index (Phi) is 5.25. The van der Waals surface area contributed by atoms with Gasteiger partial charge in [0.2, 0.25) is 6.79 Å². The molecule has 0 bridgehead atoms. The minimum absolute atomic E-state index is 0.220. The Bertz CT molecular complexity index is 995. The van der Waals surface area contributed by atoms with Crippen LogP contribution in [0.1, 0.15) is 21.6 Å². The van der Waals surface area contributed by atoms with E-state index in [9.17, 15) is 4.79 Å². The van der Waals surface area contributed by atoms with Gasteiger partial charge in [0.15, 0.2) is 17.2 Å². The Labute approximate surface area is 166 Å². The highest BCUT2D eigenvalue weighted by atomic mass is 35.5. The Morgan fingerprint density at radius 3 is 2.68 bits per heavy atom. The van der Waals surface area contributed by atoms with Gasteiger partial charge in [0.25, 0.3) is 5.91 Å². The lowest BCUT2D eigenvalue weighted by atomic mass is 10.2. The van der Waals surface area contributed by atoms with Crippen LogP contribution in [0, 0.1) is 0 Å². The van der Waals surface area contributed by atoms with Crippen molar-refractivity contribution >= 4 is 23.3 Å². The minimum atomic E-state index is -0.303. The zero-order chi connectivity index (χ0) is 19.3. The molecule has 0 atom stereocenters. The third-order valence-electron chi connectivity index (χ3n) is 4.21. The van der Waals surface area contributed by atoms with Crippen LogP contribution in [0.2, 0.25) is 5.02 Å². The zero-order valence-electron chi connectivity index (χ0n) is 14.8. The lowest BCUT2D eigenvalue weighted by Gasteiger charge is -2.08. The molecular formula is C20H17ClN4O3. The second kappa shape index (κ2) is 8.14. The van der Waals surface area contributed by atoms with Crippen molar-refractivity contribution in [3.05, 3.63) is 76.4 Å². The maximum atomic E-state index is 12.3. The van der Waals surface area contributed by atoms with Crippen molar-refractivity contribution in [1.82, 2.24) is 15.5 Å². The Hall–Kier alpha value is -3.32. The highest BCUT2D eigenvalue weighted by Crippen LogP contribution is 2.32. The number of nitrogens with zero attached hydrogens (tertiary/aromatic N) is 2. The lowest BCUT2D eigenvalue weighted by molar-refractivity contribution is 0.0945. The van der Waals surface area contributed by atoms with E-state index in [1.54, 1.807) is 12.1 Å². The number of halogens is 1. The fourth-order valence-electron chi connectivity index (χ4n) is 2.70. The molecule has 0 saturated heterocycles. The van der Waals surface area contributed by atoms with Crippen molar-refractivity contribution < 1.29 is 14.3 Å². The van der Waals surface area contributed by atoms with Gasteiger partial charge in [0.1, 0.15) is 5.82 Å². The van der Waals surface area contributed by atoms with E-state index in [0.29, 0.717) is 35.4 Å². The zero-order valence-corrected chi connectivity index (χ0v) is 15.6. The number of ether oxygens (including phenoxy) is 2. The first-order valence-corrected chi connectivity index (χ1v) is 9.04. The van der Waals surface area contributed by atoms with Gasteiger partial charge in [0, 0.05) is 18.1 Å². The average Bonchev–Trinajstić information content (AvgIpc) is 3.20. The van der Waals surface area contributed by atoms with Crippen LogP contribution in [0.25, 0.3) is 0 Å². The maximum Gasteiger partial charge on any atom is 0.272 e. The number of amides is 1. The molecule has 1 aliphatic rings. The van der Waals surface area contributed by atoms with Gasteiger partial charge in [-0.05, 0) is 41.5 Å². The summed E-state index contributed by atoms with van der Waals surface area (Å²) >= 11 is 6.13. The number of nitrogens with one attached hydrogen (secondary N) is 2. The van der Waals surface area contributed by atoms with Crippen LogP contribution in [0.3, 0.4) is 0 Å². The second-order valence-corrected chi connectivity index (χ2v) is 6.53. The summed E-state index contributed by atoms with van der Waals surface area (Å²) in [5.74, 6) is 1.65. The molecule has 0 saturated carbocycles. The lowest BCUT2D eigenvalue weighted by Crippen LogP contribution is -2.24. The van der Waals surface area contributed by atoms with Gasteiger partial charge in [-0.2, -0.15) is 0 Å². The summed E-state index contributed by atoms with van der Waals surface area (Å²) in [5, 5.41) is 14.7. The van der Waals surface area contributed by atoms with Gasteiger partial charge in [-0.1, -0.05) is 35.9 Å². The van der Waals surface area contributed by atoms with E-state index >= 15 is 0 Å². The molecule has 0 spiro atoms. The largest absolute Gasteiger partial charge is 0.454 e. The first-order chi connectivity index (χ1) is 13.7. The molecular weight excluding hydrogens is 380 g/mol. The summed E-state index contributed by atoms with van der Waals surface area (Å²) in [5.41, 5.74) is 2.10. The molecule has 0 aliphatic carbocycles. The minimum Gasteiger partial charge on any atom is -0.454 e. The molecule has 0 radical (unpaired) electrons. The molecule has 0 fully saturated rings. The molecule has 28 heavy (non-hydrogen) atoms. The van der Waals surface area contributed by atoms with Crippen molar-refractivity contribution in [3.63, 3.8) is 0 Å². The van der Waals surface area contributed by atoms with Gasteiger partial charge in [0.05, 0.1) is 0 Å². The van der Waals surface area contributed by atoms with Crippen molar-refractivity contribution in [2.75, 3.05) is 12.1 Å². The smallest absolute Gasteiger partial charge is 0.272 e. The Balaban J connectivity index is 1.32. The standard InChI is InChI=1S/C20H17ClN4O3/c21-15-4-2-1-3-14(15)11-22-19-8-6-16(24-25-19)20(26)23-10-13-5-7-17-18(9-13)28-12-27-17/h1-9H,10-12H2,(H,22,25)(H,23,26). The highest BCUT2D eigenvalue weighted by Gasteiger charge is 2.14. The first kappa shape index (κ1) is 18.1. The number of benzene rings is 2. The van der Waals surface area contributed by atoms with E-state index in [4.69, 9.17) is 21.1 Å². The van der Waals surface area contributed by atoms with Crippen molar-refractivity contribution in [2.24, 2.45) is 0 Å². The predicted molar refractivity (Wildman–Crippen MR) is 105 cm³/mol. The fourth-order valence-corrected chi connectivity index (χ4v) is 2.90. The third-order valence-corrected chi connectivity index (χ3v) is 4.57. The summed E-state index contributed by atoms with van der Waals surface area (Å²) in [4.78, 5) is 12.3. The number of rotatable bonds is 6. The van der Waals surface area contributed by atoms with E-state index < -0.39 is 0 Å². The average molecular weight is 397 g/mol. The van der Waals surface area contributed by atoms with Gasteiger partial charge < -0.3 is 20.1 Å². The molecule has 2 N–H and O–H groups in total. The summed E-state index contributed by atoms with van der Waals surface area (Å²) in [6.45, 7) is 1.09. The number of anilines is 1. The number of fused-ring (bicyclic) bond motifs is 1. The summed E-state index contributed by atoms with van der Waals surface area (Å²) in [6.07, 6.45) is 0. The predicted octanol–water partition coefficient (Wildman–Crippen LogP) is 3.40. The number of aromatic nitrogens is 2. The normalized spacial score (nSPS) is 11.9. The van der Waals surface area contributed by atoms with E-state index in [2.05, 4.69) is 20.8 Å².